The topological polar surface area (TPSA) is 84.2 Å². The first-order valence-corrected chi connectivity index (χ1v) is 7.61. The molecule has 0 fully saturated rings. The maximum atomic E-state index is 12.3. The lowest BCUT2D eigenvalue weighted by Crippen LogP contribution is -2.44. The number of hydrogen-bond donors (Lipinski definition) is 2. The van der Waals surface area contributed by atoms with Crippen molar-refractivity contribution in [1.29, 1.82) is 0 Å². The molecule has 1 aromatic rings. The second-order valence-corrected chi connectivity index (χ2v) is 5.81. The van der Waals surface area contributed by atoms with Gasteiger partial charge in [0.1, 0.15) is 5.56 Å². The second kappa shape index (κ2) is 6.90. The predicted octanol–water partition coefficient (Wildman–Crippen LogP) is 0.239. The van der Waals surface area contributed by atoms with E-state index >= 15 is 0 Å². The summed E-state index contributed by atoms with van der Waals surface area (Å²) in [7, 11) is 1.52. The van der Waals surface area contributed by atoms with E-state index in [-0.39, 0.29) is 23.5 Å². The number of nitrogens with one attached hydrogen (secondary N) is 1. The van der Waals surface area contributed by atoms with Crippen LogP contribution < -0.4 is 10.9 Å². The number of carbonyl (C=O) groups is 1. The molecule has 6 nitrogen and oxygen atoms in total. The van der Waals surface area contributed by atoms with Crippen molar-refractivity contribution in [2.24, 2.45) is 7.05 Å². The van der Waals surface area contributed by atoms with E-state index in [0.717, 1.165) is 0 Å². The summed E-state index contributed by atoms with van der Waals surface area (Å²) in [5.41, 5.74) is 0.933. The highest BCUT2D eigenvalue weighted by atomic mass is 32.2. The number of aryl methyl sites for hydroxylation is 2. The third-order valence-electron chi connectivity index (χ3n) is 3.35. The number of nitrogens with zero attached hydrogens (tertiary/aromatic N) is 2. The lowest BCUT2D eigenvalue weighted by atomic mass is 10.1. The van der Waals surface area contributed by atoms with Gasteiger partial charge in [-0.25, -0.2) is 4.68 Å². The van der Waals surface area contributed by atoms with E-state index in [9.17, 15) is 14.7 Å². The molecule has 0 bridgehead atoms. The molecule has 0 aliphatic rings. The summed E-state index contributed by atoms with van der Waals surface area (Å²) in [6.45, 7) is 5.24. The van der Waals surface area contributed by atoms with Crippen molar-refractivity contribution in [1.82, 2.24) is 15.1 Å². The first-order valence-electron chi connectivity index (χ1n) is 6.32. The van der Waals surface area contributed by atoms with E-state index in [0.29, 0.717) is 11.3 Å². The van der Waals surface area contributed by atoms with Crippen LogP contribution in [0.1, 0.15) is 28.5 Å². The smallest absolute Gasteiger partial charge is 0.279 e. The van der Waals surface area contributed by atoms with Crippen molar-refractivity contribution in [2.45, 2.75) is 32.1 Å². The lowest BCUT2D eigenvalue weighted by Gasteiger charge is -2.21. The van der Waals surface area contributed by atoms with Crippen molar-refractivity contribution < 1.29 is 9.90 Å². The van der Waals surface area contributed by atoms with Gasteiger partial charge in [-0.2, -0.15) is 16.9 Å². The Labute approximate surface area is 122 Å². The Bertz CT molecular complexity index is 553. The van der Waals surface area contributed by atoms with Gasteiger partial charge < -0.3 is 10.4 Å². The van der Waals surface area contributed by atoms with Gasteiger partial charge in [0.2, 0.25) is 0 Å². The van der Waals surface area contributed by atoms with Crippen LogP contribution in [0.15, 0.2) is 4.79 Å². The van der Waals surface area contributed by atoms with E-state index in [2.05, 4.69) is 10.4 Å². The highest BCUT2D eigenvalue weighted by Gasteiger charge is 2.22. The van der Waals surface area contributed by atoms with Gasteiger partial charge in [0.25, 0.3) is 11.5 Å². The molecule has 0 aromatic carbocycles. The highest BCUT2D eigenvalue weighted by Crippen LogP contribution is 2.12. The molecule has 1 amide bonds. The number of hydrogen-bond acceptors (Lipinski definition) is 5. The molecule has 112 valence electrons. The summed E-state index contributed by atoms with van der Waals surface area (Å²) < 4.78 is 1.17. The van der Waals surface area contributed by atoms with E-state index < -0.39 is 11.5 Å². The SMILES string of the molecule is CSC(CO)C(C)NC(=O)c1c(C)c(C)nn(C)c1=O. The molecule has 0 aliphatic heterocycles. The zero-order valence-corrected chi connectivity index (χ0v) is 13.2. The molecule has 2 unspecified atom stereocenters. The summed E-state index contributed by atoms with van der Waals surface area (Å²) in [5.74, 6) is -0.423. The Morgan fingerprint density at radius 3 is 2.60 bits per heavy atom. The van der Waals surface area contributed by atoms with Crippen LogP contribution in [-0.2, 0) is 7.05 Å². The number of aliphatic hydroxyl groups is 1. The Hall–Kier alpha value is -1.34. The molecule has 20 heavy (non-hydrogen) atoms. The normalized spacial score (nSPS) is 13.9. The van der Waals surface area contributed by atoms with Crippen LogP contribution in [0.3, 0.4) is 0 Å². The molecule has 0 spiro atoms. The number of aromatic nitrogens is 2. The minimum atomic E-state index is -0.423. The van der Waals surface area contributed by atoms with Crippen LogP contribution in [0.5, 0.6) is 0 Å². The fourth-order valence-electron chi connectivity index (χ4n) is 1.92. The van der Waals surface area contributed by atoms with E-state index in [4.69, 9.17) is 0 Å². The maximum absolute atomic E-state index is 12.3. The average Bonchev–Trinajstić information content (AvgIpc) is 2.38. The fraction of sp³-hybridized carbons (Fsp3) is 0.615. The number of aliphatic hydroxyl groups excluding tert-OH is 1. The zero-order valence-electron chi connectivity index (χ0n) is 12.4. The minimum absolute atomic E-state index is 0.0328. The van der Waals surface area contributed by atoms with Crippen LogP contribution in [0.4, 0.5) is 0 Å². The third kappa shape index (κ3) is 3.40. The van der Waals surface area contributed by atoms with Crippen molar-refractivity contribution in [2.75, 3.05) is 12.9 Å². The Morgan fingerprint density at radius 2 is 2.10 bits per heavy atom. The summed E-state index contributed by atoms with van der Waals surface area (Å²) in [6, 6.07) is -0.236. The van der Waals surface area contributed by atoms with Gasteiger partial charge in [-0.15, -0.1) is 0 Å². The maximum Gasteiger partial charge on any atom is 0.279 e. The van der Waals surface area contributed by atoms with Gasteiger partial charge >= 0.3 is 0 Å². The molecular weight excluding hydrogens is 278 g/mol. The summed E-state index contributed by atoms with van der Waals surface area (Å²) in [6.07, 6.45) is 1.87. The molecule has 1 aromatic heterocycles. The van der Waals surface area contributed by atoms with Gasteiger partial charge in [0, 0.05) is 18.3 Å². The Morgan fingerprint density at radius 1 is 1.50 bits per heavy atom. The highest BCUT2D eigenvalue weighted by molar-refractivity contribution is 7.99. The number of amides is 1. The number of thioether (sulfide) groups is 1. The third-order valence-corrected chi connectivity index (χ3v) is 4.51. The standard InChI is InChI=1S/C13H21N3O3S/c1-7-8(2)15-16(4)13(19)11(7)12(18)14-9(3)10(6-17)20-5/h9-10,17H,6H2,1-5H3,(H,14,18). The fourth-order valence-corrected chi connectivity index (χ4v) is 2.55. The molecule has 7 heteroatoms. The molecule has 0 radical (unpaired) electrons. The van der Waals surface area contributed by atoms with E-state index in [1.165, 1.54) is 23.5 Å². The monoisotopic (exact) mass is 299 g/mol. The van der Waals surface area contributed by atoms with Gasteiger partial charge in [-0.05, 0) is 32.6 Å². The molecule has 2 atom stereocenters. The van der Waals surface area contributed by atoms with Gasteiger partial charge in [0.15, 0.2) is 0 Å². The van der Waals surface area contributed by atoms with Crippen molar-refractivity contribution in [3.8, 4) is 0 Å². The molecule has 1 rings (SSSR count). The number of carbonyl (C=O) groups excluding carboxylic acids is 1. The van der Waals surface area contributed by atoms with Crippen molar-refractivity contribution in [3.05, 3.63) is 27.2 Å². The van der Waals surface area contributed by atoms with Crippen LogP contribution in [0, 0.1) is 13.8 Å². The predicted molar refractivity (Wildman–Crippen MR) is 80.3 cm³/mol. The Balaban J connectivity index is 3.08. The summed E-state index contributed by atoms with van der Waals surface area (Å²) >= 11 is 1.47. The van der Waals surface area contributed by atoms with Crippen LogP contribution in [-0.4, -0.2) is 44.9 Å². The van der Waals surface area contributed by atoms with Gasteiger partial charge in [0.05, 0.1) is 12.3 Å². The molecule has 2 N–H and O–H groups in total. The molecule has 0 aliphatic carbocycles. The van der Waals surface area contributed by atoms with Crippen LogP contribution in [0.2, 0.25) is 0 Å². The largest absolute Gasteiger partial charge is 0.395 e. The van der Waals surface area contributed by atoms with Gasteiger partial charge in [-0.1, -0.05) is 0 Å². The molecule has 0 saturated heterocycles. The van der Waals surface area contributed by atoms with Crippen LogP contribution >= 0.6 is 11.8 Å². The van der Waals surface area contributed by atoms with Crippen molar-refractivity contribution in [3.63, 3.8) is 0 Å². The molecule has 0 saturated carbocycles. The summed E-state index contributed by atoms with van der Waals surface area (Å²) in [5, 5.41) is 15.9. The van der Waals surface area contributed by atoms with E-state index in [1.807, 2.05) is 13.2 Å². The van der Waals surface area contributed by atoms with E-state index in [1.54, 1.807) is 13.8 Å². The minimum Gasteiger partial charge on any atom is -0.395 e. The lowest BCUT2D eigenvalue weighted by molar-refractivity contribution is 0.0932. The molecule has 1 heterocycles. The summed E-state index contributed by atoms with van der Waals surface area (Å²) in [4.78, 5) is 24.4. The van der Waals surface area contributed by atoms with Crippen LogP contribution in [0.25, 0.3) is 0 Å². The van der Waals surface area contributed by atoms with Crippen molar-refractivity contribution >= 4 is 17.7 Å². The second-order valence-electron chi connectivity index (χ2n) is 4.73. The Kier molecular flexibility index (Phi) is 5.76. The quantitative estimate of drug-likeness (QED) is 0.813. The number of rotatable bonds is 5. The average molecular weight is 299 g/mol. The first kappa shape index (κ1) is 16.7. The molecular formula is C13H21N3O3S. The zero-order chi connectivity index (χ0) is 15.4. The first-order chi connectivity index (χ1) is 9.33. The van der Waals surface area contributed by atoms with Gasteiger partial charge in [-0.3, -0.25) is 9.59 Å².